The molecule has 0 fully saturated rings. The molecule has 2 amide bonds. The van der Waals surface area contributed by atoms with Crippen LogP contribution in [0.25, 0.3) is 0 Å². The Bertz CT molecular complexity index is 1270. The first kappa shape index (κ1) is 25.3. The molecule has 1 aliphatic heterocycles. The number of nitrogens with zero attached hydrogens (tertiary/aromatic N) is 2. The number of anilines is 1. The molecule has 1 heterocycles. The van der Waals surface area contributed by atoms with Crippen LogP contribution >= 0.6 is 12.4 Å². The van der Waals surface area contributed by atoms with Gasteiger partial charge in [0.1, 0.15) is 0 Å². The van der Waals surface area contributed by atoms with Crippen molar-refractivity contribution in [3.63, 3.8) is 0 Å². The van der Waals surface area contributed by atoms with Gasteiger partial charge in [0.2, 0.25) is 0 Å². The molecule has 180 valence electrons. The van der Waals surface area contributed by atoms with Gasteiger partial charge in [0.05, 0.1) is 18.2 Å². The summed E-state index contributed by atoms with van der Waals surface area (Å²) in [5, 5.41) is 12.2. The monoisotopic (exact) mass is 493 g/mol. The van der Waals surface area contributed by atoms with E-state index in [0.29, 0.717) is 29.0 Å². The fraction of sp³-hybridized carbons (Fsp3) is 0.120. The summed E-state index contributed by atoms with van der Waals surface area (Å²) in [6, 6.07) is 20.0. The first-order chi connectivity index (χ1) is 16.3. The Morgan fingerprint density at radius 1 is 1.03 bits per heavy atom. The van der Waals surface area contributed by atoms with Crippen LogP contribution in [0.2, 0.25) is 0 Å². The molecule has 0 saturated heterocycles. The van der Waals surface area contributed by atoms with Crippen LogP contribution in [0.4, 0.5) is 11.4 Å². The van der Waals surface area contributed by atoms with Crippen molar-refractivity contribution in [2.45, 2.75) is 19.0 Å². The number of aliphatic imine (C=N–C) groups is 1. The Morgan fingerprint density at radius 3 is 2.34 bits per heavy atom. The summed E-state index contributed by atoms with van der Waals surface area (Å²) >= 11 is 0. The van der Waals surface area contributed by atoms with Crippen LogP contribution in [-0.2, 0) is 11.3 Å². The molecule has 0 aliphatic carbocycles. The van der Waals surface area contributed by atoms with E-state index >= 15 is 0 Å². The van der Waals surface area contributed by atoms with Gasteiger partial charge in [-0.25, -0.2) is 4.99 Å². The van der Waals surface area contributed by atoms with Gasteiger partial charge in [-0.2, -0.15) is 0 Å². The summed E-state index contributed by atoms with van der Waals surface area (Å²) in [4.78, 5) is 42.8. The molecule has 4 rings (SSSR count). The summed E-state index contributed by atoms with van der Waals surface area (Å²) in [7, 11) is 0. The molecule has 0 aromatic heterocycles. The molecule has 1 unspecified atom stereocenters. The molecule has 3 aromatic carbocycles. The molecule has 10 heteroatoms. The lowest BCUT2D eigenvalue weighted by atomic mass is 10.0. The van der Waals surface area contributed by atoms with Crippen LogP contribution in [-0.4, -0.2) is 33.7 Å². The lowest BCUT2D eigenvalue weighted by Crippen LogP contribution is -2.30. The quantitative estimate of drug-likeness (QED) is 0.292. The van der Waals surface area contributed by atoms with Crippen molar-refractivity contribution in [3.8, 4) is 0 Å². The smallest absolute Gasteiger partial charge is 0.305 e. The zero-order valence-corrected chi connectivity index (χ0v) is 19.4. The minimum atomic E-state index is -0.989. The molecule has 9 nitrogen and oxygen atoms in total. The third kappa shape index (κ3) is 5.77. The number of carbonyl (C=O) groups is 3. The third-order valence-electron chi connectivity index (χ3n) is 5.52. The third-order valence-corrected chi connectivity index (χ3v) is 5.52. The SMILES string of the molecule is Cl.NC(N)=Nc1ccc(C(=O)Nc2ccc3c(c2)C(=O)N(C(CC(=O)O)c2ccccc2)C3)cc1. The lowest BCUT2D eigenvalue weighted by molar-refractivity contribution is -0.138. The van der Waals surface area contributed by atoms with Gasteiger partial charge in [-0.1, -0.05) is 36.4 Å². The largest absolute Gasteiger partial charge is 0.481 e. The number of guanidine groups is 1. The minimum Gasteiger partial charge on any atom is -0.481 e. The van der Waals surface area contributed by atoms with Crippen molar-refractivity contribution in [2.75, 3.05) is 5.32 Å². The zero-order chi connectivity index (χ0) is 24.2. The van der Waals surface area contributed by atoms with Gasteiger partial charge in [-0.05, 0) is 47.5 Å². The number of amides is 2. The fourth-order valence-corrected chi connectivity index (χ4v) is 3.94. The zero-order valence-electron chi connectivity index (χ0n) is 18.5. The number of hydrogen-bond donors (Lipinski definition) is 4. The van der Waals surface area contributed by atoms with E-state index in [4.69, 9.17) is 11.5 Å². The predicted octanol–water partition coefficient (Wildman–Crippen LogP) is 3.44. The molecular formula is C25H24ClN5O4. The highest BCUT2D eigenvalue weighted by molar-refractivity contribution is 6.06. The molecule has 0 bridgehead atoms. The highest BCUT2D eigenvalue weighted by atomic mass is 35.5. The van der Waals surface area contributed by atoms with Gasteiger partial charge < -0.3 is 26.8 Å². The first-order valence-corrected chi connectivity index (χ1v) is 10.5. The van der Waals surface area contributed by atoms with Crippen molar-refractivity contribution < 1.29 is 19.5 Å². The van der Waals surface area contributed by atoms with Crippen LogP contribution in [0.15, 0.2) is 77.8 Å². The maximum absolute atomic E-state index is 13.2. The van der Waals surface area contributed by atoms with E-state index in [0.717, 1.165) is 11.1 Å². The molecule has 1 aliphatic rings. The first-order valence-electron chi connectivity index (χ1n) is 10.5. The summed E-state index contributed by atoms with van der Waals surface area (Å²) in [5.74, 6) is -1.70. The van der Waals surface area contributed by atoms with Crippen molar-refractivity contribution in [3.05, 3.63) is 95.1 Å². The van der Waals surface area contributed by atoms with Gasteiger partial charge in [-0.15, -0.1) is 12.4 Å². The second-order valence-corrected chi connectivity index (χ2v) is 7.87. The molecule has 35 heavy (non-hydrogen) atoms. The Labute approximate surface area is 207 Å². The van der Waals surface area contributed by atoms with E-state index in [-0.39, 0.29) is 36.6 Å². The standard InChI is InChI=1S/C25H23N5O4.ClH/c26-25(27)29-18-9-6-16(7-10-18)23(33)28-19-11-8-17-14-30(24(34)20(17)12-19)21(13-22(31)32)15-4-2-1-3-5-15;/h1-12,21H,13-14H2,(H,28,33)(H,31,32)(H4,26,27,29);1H. The van der Waals surface area contributed by atoms with Gasteiger partial charge in [0, 0.05) is 23.4 Å². The Hall–Kier alpha value is -4.37. The fourth-order valence-electron chi connectivity index (χ4n) is 3.94. The highest BCUT2D eigenvalue weighted by Gasteiger charge is 2.34. The number of rotatable bonds is 7. The van der Waals surface area contributed by atoms with E-state index < -0.39 is 12.0 Å². The summed E-state index contributed by atoms with van der Waals surface area (Å²) in [6.07, 6.45) is -0.205. The van der Waals surface area contributed by atoms with Crippen LogP contribution in [0, 0.1) is 0 Å². The van der Waals surface area contributed by atoms with Crippen molar-refractivity contribution in [1.82, 2.24) is 4.90 Å². The van der Waals surface area contributed by atoms with Crippen molar-refractivity contribution in [1.29, 1.82) is 0 Å². The van der Waals surface area contributed by atoms with E-state index in [2.05, 4.69) is 10.3 Å². The number of nitrogens with two attached hydrogens (primary N) is 2. The number of nitrogens with one attached hydrogen (secondary N) is 1. The molecule has 1 atom stereocenters. The van der Waals surface area contributed by atoms with Gasteiger partial charge in [0.25, 0.3) is 11.8 Å². The van der Waals surface area contributed by atoms with Crippen molar-refractivity contribution >= 4 is 47.5 Å². The number of benzene rings is 3. The summed E-state index contributed by atoms with van der Waals surface area (Å²) in [5.41, 5.74) is 14.1. The maximum Gasteiger partial charge on any atom is 0.305 e. The molecule has 0 radical (unpaired) electrons. The second-order valence-electron chi connectivity index (χ2n) is 7.87. The maximum atomic E-state index is 13.2. The van der Waals surface area contributed by atoms with Gasteiger partial charge >= 0.3 is 5.97 Å². The number of fused-ring (bicyclic) bond motifs is 1. The average molecular weight is 494 g/mol. The van der Waals surface area contributed by atoms with Crippen LogP contribution < -0.4 is 16.8 Å². The normalized spacial score (nSPS) is 12.8. The van der Waals surface area contributed by atoms with Crippen LogP contribution in [0.5, 0.6) is 0 Å². The van der Waals surface area contributed by atoms with E-state index in [1.807, 2.05) is 30.3 Å². The predicted molar refractivity (Wildman–Crippen MR) is 135 cm³/mol. The Morgan fingerprint density at radius 2 is 1.71 bits per heavy atom. The number of aliphatic carboxylic acids is 1. The average Bonchev–Trinajstić information content (AvgIpc) is 3.13. The lowest BCUT2D eigenvalue weighted by Gasteiger charge is -2.27. The number of hydrogen-bond acceptors (Lipinski definition) is 4. The molecule has 0 saturated carbocycles. The van der Waals surface area contributed by atoms with Crippen molar-refractivity contribution in [2.24, 2.45) is 16.5 Å². The van der Waals surface area contributed by atoms with Gasteiger partial charge in [-0.3, -0.25) is 14.4 Å². The van der Waals surface area contributed by atoms with E-state index in [1.165, 1.54) is 0 Å². The van der Waals surface area contributed by atoms with E-state index in [9.17, 15) is 19.5 Å². The Kier molecular flexibility index (Phi) is 7.73. The second kappa shape index (κ2) is 10.7. The number of carboxylic acids is 1. The summed E-state index contributed by atoms with van der Waals surface area (Å²) < 4.78 is 0. The number of carbonyl (C=O) groups excluding carboxylic acids is 2. The molecule has 0 spiro atoms. The number of carboxylic acid groups (broad SMARTS) is 1. The summed E-state index contributed by atoms with van der Waals surface area (Å²) in [6.45, 7) is 0.293. The highest BCUT2D eigenvalue weighted by Crippen LogP contribution is 2.34. The molecule has 3 aromatic rings. The van der Waals surface area contributed by atoms with Crippen LogP contribution in [0.1, 0.15) is 44.3 Å². The number of halogens is 1. The van der Waals surface area contributed by atoms with Crippen LogP contribution in [0.3, 0.4) is 0 Å². The topological polar surface area (TPSA) is 151 Å². The Balaban J connectivity index is 0.00000342. The molecular weight excluding hydrogens is 470 g/mol. The van der Waals surface area contributed by atoms with Gasteiger partial charge in [0.15, 0.2) is 5.96 Å². The molecule has 6 N–H and O–H groups in total. The van der Waals surface area contributed by atoms with E-state index in [1.54, 1.807) is 47.4 Å². The minimum absolute atomic E-state index is 0.